The molecule has 0 bridgehead atoms. The van der Waals surface area contributed by atoms with Gasteiger partial charge in [-0.25, -0.2) is 4.89 Å². The van der Waals surface area contributed by atoms with Crippen LogP contribution in [0.4, 0.5) is 0 Å². The predicted molar refractivity (Wildman–Crippen MR) is 95.1 cm³/mol. The van der Waals surface area contributed by atoms with Crippen molar-refractivity contribution in [1.29, 1.82) is 0 Å². The summed E-state index contributed by atoms with van der Waals surface area (Å²) in [5, 5.41) is 9.67. The fourth-order valence-corrected chi connectivity index (χ4v) is 6.80. The Hall–Kier alpha value is -1.20. The Morgan fingerprint density at radius 2 is 1.85 bits per heavy atom. The minimum Gasteiger partial charge on any atom is -0.462 e. The van der Waals surface area contributed by atoms with Crippen molar-refractivity contribution in [3.8, 4) is 0 Å². The zero-order valence-corrected chi connectivity index (χ0v) is 16.0. The number of Topliss-reactive ketones (excluding diaryl/α,β-unsaturated/α-hetero) is 1. The molecule has 5 nitrogen and oxygen atoms in total. The molecule has 4 aliphatic carbocycles. The summed E-state index contributed by atoms with van der Waals surface area (Å²) in [6.45, 7) is 5.90. The average molecular weight is 362 g/mol. The molecule has 0 aromatic rings. The minimum atomic E-state index is -0.366. The van der Waals surface area contributed by atoms with Crippen LogP contribution in [0.15, 0.2) is 11.6 Å². The molecule has 0 amide bonds. The fraction of sp³-hybridized carbons (Fsp3) is 0.810. The highest BCUT2D eigenvalue weighted by molar-refractivity contribution is 5.87. The quantitative estimate of drug-likeness (QED) is 0.349. The first-order valence-corrected chi connectivity index (χ1v) is 10.0. The topological polar surface area (TPSA) is 72.8 Å². The molecular weight excluding hydrogens is 332 g/mol. The lowest BCUT2D eigenvalue weighted by molar-refractivity contribution is -0.295. The van der Waals surface area contributed by atoms with Crippen LogP contribution in [0.3, 0.4) is 0 Å². The zero-order valence-electron chi connectivity index (χ0n) is 16.0. The van der Waals surface area contributed by atoms with E-state index < -0.39 is 0 Å². The van der Waals surface area contributed by atoms with Crippen molar-refractivity contribution in [2.45, 2.75) is 77.9 Å². The standard InChI is InChI=1S/C21H30O5/c1-12(22)25-14-6-8-20(2)13(10-14)11-17(26-24)19-15-4-5-18(23)21(15,3)9-7-16(19)20/h11,14-17,19,24H,4-10H2,1-3H3. The number of esters is 1. The molecule has 144 valence electrons. The first-order chi connectivity index (χ1) is 12.3. The van der Waals surface area contributed by atoms with E-state index in [0.717, 1.165) is 38.5 Å². The van der Waals surface area contributed by atoms with Gasteiger partial charge in [-0.15, -0.1) is 0 Å². The van der Waals surface area contributed by atoms with Gasteiger partial charge in [-0.05, 0) is 55.3 Å². The van der Waals surface area contributed by atoms with Gasteiger partial charge in [0.1, 0.15) is 18.0 Å². The average Bonchev–Trinajstić information content (AvgIpc) is 2.89. The van der Waals surface area contributed by atoms with Gasteiger partial charge >= 0.3 is 5.97 Å². The molecular formula is C21H30O5. The van der Waals surface area contributed by atoms with Crippen LogP contribution < -0.4 is 0 Å². The molecule has 3 fully saturated rings. The van der Waals surface area contributed by atoms with Gasteiger partial charge < -0.3 is 4.74 Å². The molecule has 0 saturated heterocycles. The number of hydrogen-bond acceptors (Lipinski definition) is 5. The summed E-state index contributed by atoms with van der Waals surface area (Å²) in [5.74, 6) is 1.02. The van der Waals surface area contributed by atoms with Gasteiger partial charge in [0.2, 0.25) is 0 Å². The highest BCUT2D eigenvalue weighted by Gasteiger charge is 2.61. The summed E-state index contributed by atoms with van der Waals surface area (Å²) in [6, 6.07) is 0. The Kier molecular flexibility index (Phi) is 4.31. The van der Waals surface area contributed by atoms with E-state index in [0.29, 0.717) is 18.1 Å². The monoisotopic (exact) mass is 362 g/mol. The van der Waals surface area contributed by atoms with Crippen molar-refractivity contribution in [2.75, 3.05) is 0 Å². The Bertz CT molecular complexity index is 655. The third kappa shape index (κ3) is 2.50. The second-order valence-electron chi connectivity index (χ2n) is 9.36. The van der Waals surface area contributed by atoms with Crippen LogP contribution in [-0.4, -0.2) is 29.2 Å². The molecule has 0 aliphatic heterocycles. The molecule has 0 aromatic heterocycles. The van der Waals surface area contributed by atoms with Gasteiger partial charge in [0.05, 0.1) is 0 Å². The third-order valence-electron chi connectivity index (χ3n) is 8.23. The Morgan fingerprint density at radius 3 is 2.54 bits per heavy atom. The number of carbonyl (C=O) groups excluding carboxylic acids is 2. The number of carbonyl (C=O) groups is 2. The highest BCUT2D eigenvalue weighted by Crippen LogP contribution is 2.64. The van der Waals surface area contributed by atoms with E-state index in [1.165, 1.54) is 12.5 Å². The molecule has 0 radical (unpaired) electrons. The smallest absolute Gasteiger partial charge is 0.302 e. The first kappa shape index (κ1) is 18.2. The lowest BCUT2D eigenvalue weighted by Crippen LogP contribution is -2.55. The van der Waals surface area contributed by atoms with Gasteiger partial charge in [0.25, 0.3) is 0 Å². The van der Waals surface area contributed by atoms with Crippen LogP contribution in [0.2, 0.25) is 0 Å². The van der Waals surface area contributed by atoms with Gasteiger partial charge in [0.15, 0.2) is 0 Å². The summed E-state index contributed by atoms with van der Waals surface area (Å²) in [6.07, 6.45) is 7.71. The summed E-state index contributed by atoms with van der Waals surface area (Å²) in [7, 11) is 0. The number of ketones is 1. The second-order valence-corrected chi connectivity index (χ2v) is 9.36. The molecule has 1 N–H and O–H groups in total. The Balaban J connectivity index is 1.68. The van der Waals surface area contributed by atoms with E-state index in [9.17, 15) is 14.8 Å². The molecule has 3 saturated carbocycles. The van der Waals surface area contributed by atoms with Crippen LogP contribution in [-0.2, 0) is 19.2 Å². The molecule has 0 heterocycles. The number of rotatable bonds is 2. The van der Waals surface area contributed by atoms with Gasteiger partial charge in [-0.2, -0.15) is 0 Å². The third-order valence-corrected chi connectivity index (χ3v) is 8.23. The van der Waals surface area contributed by atoms with Crippen molar-refractivity contribution >= 4 is 11.8 Å². The van der Waals surface area contributed by atoms with Crippen LogP contribution in [0, 0.1) is 28.6 Å². The molecule has 26 heavy (non-hydrogen) atoms. The van der Waals surface area contributed by atoms with E-state index in [4.69, 9.17) is 9.62 Å². The van der Waals surface area contributed by atoms with Crippen molar-refractivity contribution in [2.24, 2.45) is 28.6 Å². The van der Waals surface area contributed by atoms with E-state index >= 15 is 0 Å². The van der Waals surface area contributed by atoms with E-state index in [1.807, 2.05) is 0 Å². The van der Waals surface area contributed by atoms with Crippen molar-refractivity contribution in [3.05, 3.63) is 11.6 Å². The lowest BCUT2D eigenvalue weighted by Gasteiger charge is -2.58. The zero-order chi connectivity index (χ0) is 18.7. The van der Waals surface area contributed by atoms with Crippen LogP contribution in [0.25, 0.3) is 0 Å². The number of ether oxygens (including phenoxy) is 1. The molecule has 5 heteroatoms. The first-order valence-electron chi connectivity index (χ1n) is 10.0. The summed E-state index contributed by atoms with van der Waals surface area (Å²) >= 11 is 0. The number of fused-ring (bicyclic) bond motifs is 5. The lowest BCUT2D eigenvalue weighted by atomic mass is 9.47. The summed E-state index contributed by atoms with van der Waals surface area (Å²) in [4.78, 5) is 28.9. The van der Waals surface area contributed by atoms with Gasteiger partial charge in [0, 0.05) is 25.2 Å². The fourth-order valence-electron chi connectivity index (χ4n) is 6.80. The van der Waals surface area contributed by atoms with Crippen molar-refractivity contribution in [3.63, 3.8) is 0 Å². The SMILES string of the molecule is CC(=O)OC1CCC2(C)C(=CC(OO)C3C4CCC(=O)C4(C)CCC32)C1. The van der Waals surface area contributed by atoms with E-state index in [2.05, 4.69) is 19.9 Å². The normalized spacial score (nSPS) is 47.5. The van der Waals surface area contributed by atoms with Gasteiger partial charge in [-0.3, -0.25) is 14.8 Å². The maximum absolute atomic E-state index is 12.5. The highest BCUT2D eigenvalue weighted by atomic mass is 17.1. The molecule has 4 rings (SSSR count). The minimum absolute atomic E-state index is 0.0450. The second kappa shape index (κ2) is 6.16. The van der Waals surface area contributed by atoms with E-state index in [1.54, 1.807) is 0 Å². The molecule has 7 atom stereocenters. The predicted octanol–water partition coefficient (Wildman–Crippen LogP) is 3.92. The number of hydrogen-bond donors (Lipinski definition) is 1. The Morgan fingerprint density at radius 1 is 1.15 bits per heavy atom. The van der Waals surface area contributed by atoms with Crippen LogP contribution in [0.5, 0.6) is 0 Å². The van der Waals surface area contributed by atoms with Crippen molar-refractivity contribution < 1.29 is 24.5 Å². The maximum atomic E-state index is 12.5. The van der Waals surface area contributed by atoms with Gasteiger partial charge in [-0.1, -0.05) is 25.5 Å². The molecule has 7 unspecified atom stereocenters. The molecule has 4 aliphatic rings. The Labute approximate surface area is 155 Å². The molecule has 0 aromatic carbocycles. The van der Waals surface area contributed by atoms with Crippen molar-refractivity contribution in [1.82, 2.24) is 0 Å². The summed E-state index contributed by atoms with van der Waals surface area (Å²) in [5.41, 5.74) is 1.04. The largest absolute Gasteiger partial charge is 0.462 e. The summed E-state index contributed by atoms with van der Waals surface area (Å²) < 4.78 is 5.46. The molecule has 0 spiro atoms. The van der Waals surface area contributed by atoms with Crippen LogP contribution in [0.1, 0.15) is 65.7 Å². The maximum Gasteiger partial charge on any atom is 0.302 e. The van der Waals surface area contributed by atoms with E-state index in [-0.39, 0.29) is 40.8 Å². The van der Waals surface area contributed by atoms with Crippen LogP contribution >= 0.6 is 0 Å².